The van der Waals surface area contributed by atoms with Gasteiger partial charge in [0.25, 0.3) is 0 Å². The maximum atomic E-state index is 6.00. The van der Waals surface area contributed by atoms with Crippen molar-refractivity contribution in [1.29, 1.82) is 0 Å². The Hall–Kier alpha value is -1.40. The number of nitrogens with zero attached hydrogens (tertiary/aromatic N) is 3. The molecule has 2 aromatic heterocycles. The molecule has 2 N–H and O–H groups in total. The molecule has 0 atom stereocenters. The second kappa shape index (κ2) is 4.94. The van der Waals surface area contributed by atoms with Crippen molar-refractivity contribution in [3.05, 3.63) is 38.8 Å². The Morgan fingerprint density at radius 1 is 1.42 bits per heavy atom. The van der Waals surface area contributed by atoms with E-state index in [4.69, 9.17) is 5.73 Å². The summed E-state index contributed by atoms with van der Waals surface area (Å²) in [6.07, 6.45) is 2.96. The number of fused-ring (bicyclic) bond motifs is 1. The fourth-order valence-electron chi connectivity index (χ4n) is 2.01. The molecule has 0 spiro atoms. The lowest BCUT2D eigenvalue weighted by molar-refractivity contribution is 0.829. The molecule has 3 aromatic rings. The topological polar surface area (TPSA) is 56.7 Å². The first kappa shape index (κ1) is 12.6. The van der Waals surface area contributed by atoms with Gasteiger partial charge in [0.2, 0.25) is 5.95 Å². The van der Waals surface area contributed by atoms with Crippen LogP contribution in [0.4, 0.5) is 5.95 Å². The van der Waals surface area contributed by atoms with Crippen molar-refractivity contribution in [2.45, 2.75) is 19.9 Å². The van der Waals surface area contributed by atoms with Crippen LogP contribution in [0, 0.1) is 0 Å². The molecular weight excluding hydrogens is 324 g/mol. The minimum absolute atomic E-state index is 0.529. The Morgan fingerprint density at radius 2 is 2.26 bits per heavy atom. The van der Waals surface area contributed by atoms with Crippen molar-refractivity contribution in [3.63, 3.8) is 0 Å². The summed E-state index contributed by atoms with van der Waals surface area (Å²) >= 11 is 5.17. The van der Waals surface area contributed by atoms with Crippen molar-refractivity contribution < 1.29 is 0 Å². The largest absolute Gasteiger partial charge is 0.369 e. The molecule has 0 aliphatic heterocycles. The van der Waals surface area contributed by atoms with Crippen LogP contribution in [-0.2, 0) is 13.0 Å². The molecule has 0 bridgehead atoms. The van der Waals surface area contributed by atoms with E-state index in [0.717, 1.165) is 26.9 Å². The van der Waals surface area contributed by atoms with Crippen molar-refractivity contribution in [2.24, 2.45) is 0 Å². The molecule has 0 aliphatic rings. The summed E-state index contributed by atoms with van der Waals surface area (Å²) < 4.78 is 3.01. The number of nitrogens with two attached hydrogens (primary N) is 1. The number of hydrogen-bond donors (Lipinski definition) is 1. The molecule has 2 heterocycles. The van der Waals surface area contributed by atoms with Gasteiger partial charge in [-0.15, -0.1) is 11.3 Å². The van der Waals surface area contributed by atoms with Crippen LogP contribution in [0.2, 0.25) is 0 Å². The average molecular weight is 337 g/mol. The summed E-state index contributed by atoms with van der Waals surface area (Å²) in [5, 5.41) is 1.06. The Labute approximate surface area is 123 Å². The maximum Gasteiger partial charge on any atom is 0.201 e. The van der Waals surface area contributed by atoms with E-state index < -0.39 is 0 Å². The molecule has 0 radical (unpaired) electrons. The van der Waals surface area contributed by atoms with E-state index in [1.807, 2.05) is 29.0 Å². The molecule has 0 aliphatic carbocycles. The van der Waals surface area contributed by atoms with Crippen molar-refractivity contribution in [1.82, 2.24) is 14.5 Å². The SMILES string of the molecule is CCc1cnc(Cn2c(N)nc3cc(Br)ccc32)s1. The summed E-state index contributed by atoms with van der Waals surface area (Å²) in [4.78, 5) is 10.1. The number of nitrogen functional groups attached to an aromatic ring is 1. The lowest BCUT2D eigenvalue weighted by Gasteiger charge is -2.03. The molecule has 0 saturated heterocycles. The normalized spacial score (nSPS) is 11.3. The van der Waals surface area contributed by atoms with Gasteiger partial charge in [0.15, 0.2) is 0 Å². The fraction of sp³-hybridized carbons (Fsp3) is 0.231. The predicted molar refractivity (Wildman–Crippen MR) is 82.4 cm³/mol. The number of aryl methyl sites for hydroxylation is 1. The molecule has 3 rings (SSSR count). The lowest BCUT2D eigenvalue weighted by atomic mass is 10.3. The van der Waals surface area contributed by atoms with Crippen LogP contribution in [0.5, 0.6) is 0 Å². The first-order valence-corrected chi connectivity index (χ1v) is 7.63. The first-order valence-electron chi connectivity index (χ1n) is 6.02. The third-order valence-corrected chi connectivity index (χ3v) is 4.60. The van der Waals surface area contributed by atoms with Gasteiger partial charge in [-0.1, -0.05) is 22.9 Å². The smallest absolute Gasteiger partial charge is 0.201 e. The van der Waals surface area contributed by atoms with Crippen LogP contribution >= 0.6 is 27.3 Å². The minimum atomic E-state index is 0.529. The van der Waals surface area contributed by atoms with Crippen LogP contribution in [-0.4, -0.2) is 14.5 Å². The van der Waals surface area contributed by atoms with Crippen LogP contribution in [0.25, 0.3) is 11.0 Å². The predicted octanol–water partition coefficient (Wildman–Crippen LogP) is 3.45. The number of hydrogen-bond acceptors (Lipinski definition) is 4. The highest BCUT2D eigenvalue weighted by Gasteiger charge is 2.10. The Morgan fingerprint density at radius 3 is 3.00 bits per heavy atom. The molecule has 4 nitrogen and oxygen atoms in total. The number of halogens is 1. The maximum absolute atomic E-state index is 6.00. The highest BCUT2D eigenvalue weighted by Crippen LogP contribution is 2.24. The molecular formula is C13H13BrN4S. The van der Waals surface area contributed by atoms with Gasteiger partial charge in [0.1, 0.15) is 5.01 Å². The van der Waals surface area contributed by atoms with Gasteiger partial charge in [0.05, 0.1) is 17.6 Å². The van der Waals surface area contributed by atoms with Crippen LogP contribution in [0.15, 0.2) is 28.9 Å². The number of aromatic nitrogens is 3. The summed E-state index contributed by atoms with van der Waals surface area (Å²) in [6.45, 7) is 2.81. The Kier molecular flexibility index (Phi) is 3.28. The van der Waals surface area contributed by atoms with Crippen LogP contribution in [0.3, 0.4) is 0 Å². The highest BCUT2D eigenvalue weighted by molar-refractivity contribution is 9.10. The summed E-state index contributed by atoms with van der Waals surface area (Å²) in [6, 6.07) is 6.00. The lowest BCUT2D eigenvalue weighted by Crippen LogP contribution is -2.04. The zero-order valence-electron chi connectivity index (χ0n) is 10.4. The zero-order valence-corrected chi connectivity index (χ0v) is 12.8. The summed E-state index contributed by atoms with van der Waals surface area (Å²) in [5.74, 6) is 0.529. The van der Waals surface area contributed by atoms with E-state index in [0.29, 0.717) is 12.5 Å². The Balaban J connectivity index is 2.02. The fourth-order valence-corrected chi connectivity index (χ4v) is 3.21. The number of imidazole rings is 1. The zero-order chi connectivity index (χ0) is 13.4. The van der Waals surface area contributed by atoms with Gasteiger partial charge in [0, 0.05) is 15.5 Å². The van der Waals surface area contributed by atoms with Crippen molar-refractivity contribution in [2.75, 3.05) is 5.73 Å². The second-order valence-corrected chi connectivity index (χ2v) is 6.38. The van der Waals surface area contributed by atoms with Gasteiger partial charge in [-0.25, -0.2) is 9.97 Å². The molecule has 0 unspecified atom stereocenters. The summed E-state index contributed by atoms with van der Waals surface area (Å²) in [7, 11) is 0. The van der Waals surface area contributed by atoms with E-state index in [-0.39, 0.29) is 0 Å². The molecule has 0 fully saturated rings. The van der Waals surface area contributed by atoms with Crippen LogP contribution < -0.4 is 5.73 Å². The monoisotopic (exact) mass is 336 g/mol. The van der Waals surface area contributed by atoms with E-state index >= 15 is 0 Å². The van der Waals surface area contributed by atoms with Gasteiger partial charge in [-0.2, -0.15) is 0 Å². The van der Waals surface area contributed by atoms with Crippen molar-refractivity contribution >= 4 is 44.2 Å². The number of anilines is 1. The van der Waals surface area contributed by atoms with E-state index in [1.54, 1.807) is 11.3 Å². The van der Waals surface area contributed by atoms with Gasteiger partial charge in [-0.05, 0) is 24.6 Å². The standard InChI is InChI=1S/C13H13BrN4S/c1-2-9-6-16-12(19-9)7-18-11-4-3-8(14)5-10(11)17-13(18)15/h3-6H,2,7H2,1H3,(H2,15,17). The third-order valence-electron chi connectivity index (χ3n) is 2.98. The van der Waals surface area contributed by atoms with E-state index in [2.05, 4.69) is 32.8 Å². The number of benzene rings is 1. The minimum Gasteiger partial charge on any atom is -0.369 e. The molecule has 1 aromatic carbocycles. The van der Waals surface area contributed by atoms with Crippen LogP contribution in [0.1, 0.15) is 16.8 Å². The molecule has 0 amide bonds. The summed E-state index contributed by atoms with van der Waals surface area (Å²) in [5.41, 5.74) is 7.94. The highest BCUT2D eigenvalue weighted by atomic mass is 79.9. The number of thiazole rings is 1. The van der Waals surface area contributed by atoms with E-state index in [1.165, 1.54) is 4.88 Å². The molecule has 6 heteroatoms. The molecule has 0 saturated carbocycles. The van der Waals surface area contributed by atoms with Gasteiger partial charge < -0.3 is 10.3 Å². The molecule has 19 heavy (non-hydrogen) atoms. The van der Waals surface area contributed by atoms with Gasteiger partial charge >= 0.3 is 0 Å². The second-order valence-electron chi connectivity index (χ2n) is 4.26. The van der Waals surface area contributed by atoms with E-state index in [9.17, 15) is 0 Å². The third kappa shape index (κ3) is 2.37. The quantitative estimate of drug-likeness (QED) is 0.796. The first-order chi connectivity index (χ1) is 9.17. The van der Waals surface area contributed by atoms with Crippen molar-refractivity contribution in [3.8, 4) is 0 Å². The average Bonchev–Trinajstić information content (AvgIpc) is 2.95. The molecule has 98 valence electrons. The Bertz CT molecular complexity index is 731. The number of rotatable bonds is 3. The van der Waals surface area contributed by atoms with Gasteiger partial charge in [-0.3, -0.25) is 0 Å².